The average Bonchev–Trinajstić information content (AvgIpc) is 2.35. The van der Waals surface area contributed by atoms with Crippen LogP contribution in [0.1, 0.15) is 26.7 Å². The Balaban J connectivity index is 2.96. The molecule has 0 atom stereocenters. The Bertz CT molecular complexity index is 388. The molecular formula is C12H22N4O. The summed E-state index contributed by atoms with van der Waals surface area (Å²) in [6.45, 7) is 6.99. The van der Waals surface area contributed by atoms with E-state index in [-0.39, 0.29) is 5.56 Å². The van der Waals surface area contributed by atoms with Crippen molar-refractivity contribution in [1.82, 2.24) is 9.55 Å². The standard InChI is InChI=1S/C12H22N4O/c1-3-8-16(9-5-6-13)11-12(17)15(4-2)10-7-14-11/h7,10H,3-6,8-9,13H2,1-2H3. The van der Waals surface area contributed by atoms with Crippen LogP contribution in [-0.4, -0.2) is 29.2 Å². The number of aryl methyl sites for hydroxylation is 1. The van der Waals surface area contributed by atoms with Gasteiger partial charge in [-0.2, -0.15) is 0 Å². The van der Waals surface area contributed by atoms with E-state index in [1.807, 2.05) is 11.8 Å². The van der Waals surface area contributed by atoms with Crippen molar-refractivity contribution in [3.63, 3.8) is 0 Å². The fraction of sp³-hybridized carbons (Fsp3) is 0.667. The Morgan fingerprint density at radius 1 is 1.41 bits per heavy atom. The number of anilines is 1. The van der Waals surface area contributed by atoms with Crippen LogP contribution < -0.4 is 16.2 Å². The van der Waals surface area contributed by atoms with Gasteiger partial charge < -0.3 is 15.2 Å². The van der Waals surface area contributed by atoms with Gasteiger partial charge in [-0.3, -0.25) is 4.79 Å². The molecule has 1 rings (SSSR count). The normalized spacial score (nSPS) is 10.5. The Morgan fingerprint density at radius 2 is 2.18 bits per heavy atom. The van der Waals surface area contributed by atoms with E-state index in [4.69, 9.17) is 5.73 Å². The minimum atomic E-state index is -0.0135. The number of hydrogen-bond acceptors (Lipinski definition) is 4. The van der Waals surface area contributed by atoms with Gasteiger partial charge >= 0.3 is 0 Å². The number of rotatable bonds is 7. The fourth-order valence-electron chi connectivity index (χ4n) is 1.78. The van der Waals surface area contributed by atoms with Crippen LogP contribution in [0.2, 0.25) is 0 Å². The molecule has 1 aromatic heterocycles. The number of aromatic nitrogens is 2. The summed E-state index contributed by atoms with van der Waals surface area (Å²) in [5.74, 6) is 0.546. The second-order valence-corrected chi connectivity index (χ2v) is 3.97. The van der Waals surface area contributed by atoms with Crippen LogP contribution >= 0.6 is 0 Å². The molecule has 1 aromatic rings. The second kappa shape index (κ2) is 7.06. The molecule has 5 heteroatoms. The highest BCUT2D eigenvalue weighted by molar-refractivity contribution is 5.35. The van der Waals surface area contributed by atoms with Crippen molar-refractivity contribution in [2.45, 2.75) is 33.2 Å². The van der Waals surface area contributed by atoms with E-state index < -0.39 is 0 Å². The molecule has 96 valence electrons. The molecule has 0 spiro atoms. The summed E-state index contributed by atoms with van der Waals surface area (Å²) >= 11 is 0. The molecule has 0 bridgehead atoms. The van der Waals surface area contributed by atoms with E-state index in [1.54, 1.807) is 17.0 Å². The molecule has 0 radical (unpaired) electrons. The smallest absolute Gasteiger partial charge is 0.293 e. The maximum absolute atomic E-state index is 12.1. The van der Waals surface area contributed by atoms with E-state index in [9.17, 15) is 4.79 Å². The van der Waals surface area contributed by atoms with Gasteiger partial charge in [0.15, 0.2) is 5.82 Å². The molecule has 2 N–H and O–H groups in total. The first-order chi connectivity index (χ1) is 8.24. The summed E-state index contributed by atoms with van der Waals surface area (Å²) in [6.07, 6.45) is 5.28. The molecule has 1 heterocycles. The SMILES string of the molecule is CCCN(CCCN)c1nccn(CC)c1=O. The molecule has 0 aliphatic heterocycles. The quantitative estimate of drug-likeness (QED) is 0.764. The van der Waals surface area contributed by atoms with E-state index in [2.05, 4.69) is 11.9 Å². The van der Waals surface area contributed by atoms with Crippen molar-refractivity contribution in [2.24, 2.45) is 5.73 Å². The van der Waals surface area contributed by atoms with Gasteiger partial charge in [-0.05, 0) is 26.3 Å². The monoisotopic (exact) mass is 238 g/mol. The van der Waals surface area contributed by atoms with E-state index in [1.165, 1.54) is 0 Å². The average molecular weight is 238 g/mol. The minimum absolute atomic E-state index is 0.0135. The lowest BCUT2D eigenvalue weighted by Gasteiger charge is -2.22. The summed E-state index contributed by atoms with van der Waals surface area (Å²) in [4.78, 5) is 18.3. The van der Waals surface area contributed by atoms with Crippen molar-refractivity contribution in [3.8, 4) is 0 Å². The summed E-state index contributed by atoms with van der Waals surface area (Å²) in [7, 11) is 0. The van der Waals surface area contributed by atoms with Crippen LogP contribution in [0.5, 0.6) is 0 Å². The predicted molar refractivity (Wildman–Crippen MR) is 70.3 cm³/mol. The highest BCUT2D eigenvalue weighted by atomic mass is 16.1. The third-order valence-electron chi connectivity index (χ3n) is 2.66. The van der Waals surface area contributed by atoms with Gasteiger partial charge in [0, 0.05) is 32.0 Å². The predicted octanol–water partition coefficient (Wildman–Crippen LogP) is 0.828. The maximum Gasteiger partial charge on any atom is 0.293 e. The number of hydrogen-bond donors (Lipinski definition) is 1. The molecule has 0 saturated carbocycles. The summed E-state index contributed by atoms with van der Waals surface area (Å²) in [6, 6.07) is 0. The van der Waals surface area contributed by atoms with Gasteiger partial charge in [-0.25, -0.2) is 4.98 Å². The summed E-state index contributed by atoms with van der Waals surface area (Å²) < 4.78 is 1.67. The summed E-state index contributed by atoms with van der Waals surface area (Å²) in [5.41, 5.74) is 5.50. The maximum atomic E-state index is 12.1. The van der Waals surface area contributed by atoms with Crippen molar-refractivity contribution < 1.29 is 0 Å². The van der Waals surface area contributed by atoms with E-state index in [0.717, 1.165) is 25.9 Å². The fourth-order valence-corrected chi connectivity index (χ4v) is 1.78. The van der Waals surface area contributed by atoms with Gasteiger partial charge in [0.1, 0.15) is 0 Å². The van der Waals surface area contributed by atoms with E-state index in [0.29, 0.717) is 18.9 Å². The van der Waals surface area contributed by atoms with Gasteiger partial charge in [0.05, 0.1) is 0 Å². The third kappa shape index (κ3) is 3.56. The number of nitrogens with zero attached hydrogens (tertiary/aromatic N) is 3. The largest absolute Gasteiger partial charge is 0.352 e. The second-order valence-electron chi connectivity index (χ2n) is 3.97. The van der Waals surface area contributed by atoms with E-state index >= 15 is 0 Å². The lowest BCUT2D eigenvalue weighted by atomic mass is 10.3. The minimum Gasteiger partial charge on any atom is -0.352 e. The molecule has 0 aromatic carbocycles. The topological polar surface area (TPSA) is 64.2 Å². The van der Waals surface area contributed by atoms with Crippen LogP contribution in [0.25, 0.3) is 0 Å². The van der Waals surface area contributed by atoms with Crippen molar-refractivity contribution in [3.05, 3.63) is 22.7 Å². The molecule has 0 fully saturated rings. The van der Waals surface area contributed by atoms with Crippen molar-refractivity contribution in [2.75, 3.05) is 24.5 Å². The molecule has 0 unspecified atom stereocenters. The van der Waals surface area contributed by atoms with Crippen LogP contribution in [0.3, 0.4) is 0 Å². The van der Waals surface area contributed by atoms with Crippen LogP contribution in [0, 0.1) is 0 Å². The number of nitrogens with two attached hydrogens (primary N) is 1. The van der Waals surface area contributed by atoms with Crippen LogP contribution in [0.15, 0.2) is 17.2 Å². The highest BCUT2D eigenvalue weighted by Crippen LogP contribution is 2.05. The molecule has 0 amide bonds. The molecule has 17 heavy (non-hydrogen) atoms. The van der Waals surface area contributed by atoms with Gasteiger partial charge in [-0.15, -0.1) is 0 Å². The van der Waals surface area contributed by atoms with Crippen molar-refractivity contribution in [1.29, 1.82) is 0 Å². The molecule has 5 nitrogen and oxygen atoms in total. The van der Waals surface area contributed by atoms with Gasteiger partial charge in [0.25, 0.3) is 5.56 Å². The van der Waals surface area contributed by atoms with Gasteiger partial charge in [-0.1, -0.05) is 6.92 Å². The zero-order valence-electron chi connectivity index (χ0n) is 10.7. The first-order valence-electron chi connectivity index (χ1n) is 6.25. The van der Waals surface area contributed by atoms with Gasteiger partial charge in [0.2, 0.25) is 0 Å². The molecule has 0 aliphatic rings. The highest BCUT2D eigenvalue weighted by Gasteiger charge is 2.11. The first kappa shape index (κ1) is 13.7. The molecular weight excluding hydrogens is 216 g/mol. The Kier molecular flexibility index (Phi) is 5.69. The lowest BCUT2D eigenvalue weighted by Crippen LogP contribution is -2.35. The summed E-state index contributed by atoms with van der Waals surface area (Å²) in [5, 5.41) is 0. The van der Waals surface area contributed by atoms with Crippen molar-refractivity contribution >= 4 is 5.82 Å². The lowest BCUT2D eigenvalue weighted by molar-refractivity contribution is 0.674. The van der Waals surface area contributed by atoms with Crippen LogP contribution in [0.4, 0.5) is 5.82 Å². The Labute approximate surface area is 102 Å². The third-order valence-corrected chi connectivity index (χ3v) is 2.66. The van der Waals surface area contributed by atoms with Crippen LogP contribution in [-0.2, 0) is 6.54 Å². The molecule has 0 aliphatic carbocycles. The zero-order chi connectivity index (χ0) is 12.7. The Hall–Kier alpha value is -1.36. The first-order valence-corrected chi connectivity index (χ1v) is 6.25. The molecule has 0 saturated heterocycles. The Morgan fingerprint density at radius 3 is 2.76 bits per heavy atom. The zero-order valence-corrected chi connectivity index (χ0v) is 10.7.